The first-order valence-corrected chi connectivity index (χ1v) is 10.4. The van der Waals surface area contributed by atoms with Gasteiger partial charge in [0.05, 0.1) is 40.8 Å². The van der Waals surface area contributed by atoms with Gasteiger partial charge in [0.2, 0.25) is 0 Å². The van der Waals surface area contributed by atoms with Crippen molar-refractivity contribution in [2.24, 2.45) is 0 Å². The number of nitrogens with one attached hydrogen (secondary N) is 3. The normalized spacial score (nSPS) is 12.3. The minimum absolute atomic E-state index is 0.0365. The van der Waals surface area contributed by atoms with Crippen molar-refractivity contribution in [3.05, 3.63) is 65.3 Å². The molecular formula is C20H18N8OS. The van der Waals surface area contributed by atoms with Crippen molar-refractivity contribution in [1.82, 2.24) is 35.2 Å². The molecule has 150 valence electrons. The van der Waals surface area contributed by atoms with Crippen molar-refractivity contribution < 1.29 is 4.79 Å². The number of amides is 1. The quantitative estimate of drug-likeness (QED) is 0.387. The van der Waals surface area contributed by atoms with E-state index in [0.717, 1.165) is 34.1 Å². The van der Waals surface area contributed by atoms with Gasteiger partial charge in [0.15, 0.2) is 5.69 Å². The minimum Gasteiger partial charge on any atom is -0.318 e. The summed E-state index contributed by atoms with van der Waals surface area (Å²) >= 11 is 1.56. The summed E-state index contributed by atoms with van der Waals surface area (Å²) in [5.74, 6) is -0.293. The van der Waals surface area contributed by atoms with Crippen LogP contribution < -0.4 is 5.32 Å². The number of carbonyl (C=O) groups is 1. The smallest absolute Gasteiger partial charge is 0.276 e. The lowest BCUT2D eigenvalue weighted by Crippen LogP contribution is -2.13. The lowest BCUT2D eigenvalue weighted by molar-refractivity contribution is 0.102. The van der Waals surface area contributed by atoms with Crippen molar-refractivity contribution in [2.45, 2.75) is 19.4 Å². The number of benzene rings is 1. The van der Waals surface area contributed by atoms with Crippen LogP contribution in [0.2, 0.25) is 0 Å². The second-order valence-corrected chi connectivity index (χ2v) is 7.54. The van der Waals surface area contributed by atoms with E-state index in [1.54, 1.807) is 23.7 Å². The van der Waals surface area contributed by atoms with Gasteiger partial charge in [-0.1, -0.05) is 13.0 Å². The largest absolute Gasteiger partial charge is 0.318 e. The Morgan fingerprint density at radius 2 is 2.23 bits per heavy atom. The van der Waals surface area contributed by atoms with Crippen molar-refractivity contribution in [1.29, 1.82) is 0 Å². The van der Waals surface area contributed by atoms with E-state index in [0.29, 0.717) is 11.4 Å². The van der Waals surface area contributed by atoms with Gasteiger partial charge in [-0.3, -0.25) is 19.7 Å². The molecule has 0 fully saturated rings. The second-order valence-electron chi connectivity index (χ2n) is 6.82. The molecule has 1 atom stereocenters. The zero-order valence-corrected chi connectivity index (χ0v) is 16.8. The molecule has 0 bridgehead atoms. The fourth-order valence-electron chi connectivity index (χ4n) is 3.46. The van der Waals surface area contributed by atoms with Gasteiger partial charge in [-0.2, -0.15) is 15.3 Å². The maximum Gasteiger partial charge on any atom is 0.276 e. The number of anilines is 1. The average Bonchev–Trinajstić information content (AvgIpc) is 3.55. The molecule has 0 aliphatic carbocycles. The molecule has 0 saturated carbocycles. The number of aromatic amines is 2. The molecule has 0 unspecified atom stereocenters. The molecule has 0 spiro atoms. The van der Waals surface area contributed by atoms with Crippen molar-refractivity contribution >= 4 is 33.8 Å². The van der Waals surface area contributed by atoms with Crippen LogP contribution in [0.25, 0.3) is 22.0 Å². The van der Waals surface area contributed by atoms with Crippen LogP contribution in [0, 0.1) is 0 Å². The Kier molecular flexibility index (Phi) is 4.60. The van der Waals surface area contributed by atoms with Gasteiger partial charge in [-0.05, 0) is 24.1 Å². The van der Waals surface area contributed by atoms with Crippen LogP contribution in [-0.2, 0) is 0 Å². The van der Waals surface area contributed by atoms with Crippen molar-refractivity contribution in [3.63, 3.8) is 0 Å². The van der Waals surface area contributed by atoms with E-state index in [1.807, 2.05) is 46.2 Å². The molecule has 0 radical (unpaired) electrons. The van der Waals surface area contributed by atoms with Gasteiger partial charge >= 0.3 is 0 Å². The maximum atomic E-state index is 12.8. The van der Waals surface area contributed by atoms with E-state index in [2.05, 4.69) is 42.7 Å². The van der Waals surface area contributed by atoms with Crippen LogP contribution >= 0.6 is 11.3 Å². The Labute approximate surface area is 175 Å². The molecule has 9 nitrogen and oxygen atoms in total. The monoisotopic (exact) mass is 418 g/mol. The molecular weight excluding hydrogens is 400 g/mol. The average molecular weight is 418 g/mol. The van der Waals surface area contributed by atoms with E-state index < -0.39 is 0 Å². The van der Waals surface area contributed by atoms with Gasteiger partial charge in [-0.15, -0.1) is 11.3 Å². The third-order valence-electron chi connectivity index (χ3n) is 4.97. The number of nitrogens with zero attached hydrogens (tertiary/aromatic N) is 5. The summed E-state index contributed by atoms with van der Waals surface area (Å²) in [5.41, 5.74) is 6.46. The molecule has 1 aromatic carbocycles. The number of thiazole rings is 1. The van der Waals surface area contributed by atoms with Gasteiger partial charge in [0.25, 0.3) is 5.91 Å². The highest BCUT2D eigenvalue weighted by molar-refractivity contribution is 7.07. The van der Waals surface area contributed by atoms with Crippen LogP contribution in [0.3, 0.4) is 0 Å². The Bertz CT molecular complexity index is 1290. The lowest BCUT2D eigenvalue weighted by Gasteiger charge is -2.12. The van der Waals surface area contributed by atoms with Crippen LogP contribution in [-0.4, -0.2) is 41.1 Å². The second kappa shape index (κ2) is 7.56. The number of hydrogen-bond donors (Lipinski definition) is 3. The maximum absolute atomic E-state index is 12.8. The molecule has 0 aliphatic heterocycles. The standard InChI is InChI=1S/C20H18N8OS/c1-2-18(17-10-30-11-21-17)28-9-14(8-24-28)25-20(29)19-15-4-3-12(5-16(15)26-27-19)13-6-22-23-7-13/h3-11,18H,2H2,1H3,(H,22,23)(H,25,29)(H,26,27)/t18-/m1/s1. The molecule has 4 aromatic heterocycles. The number of hydrogen-bond acceptors (Lipinski definition) is 6. The fourth-order valence-corrected chi connectivity index (χ4v) is 4.06. The van der Waals surface area contributed by atoms with Crippen LogP contribution in [0.5, 0.6) is 0 Å². The molecule has 3 N–H and O–H groups in total. The Hall–Kier alpha value is -3.79. The number of carbonyl (C=O) groups excluding carboxylic acids is 1. The predicted octanol–water partition coefficient (Wildman–Crippen LogP) is 3.86. The third kappa shape index (κ3) is 3.26. The Morgan fingerprint density at radius 3 is 3.00 bits per heavy atom. The number of aromatic nitrogens is 7. The zero-order chi connectivity index (χ0) is 20.5. The van der Waals surface area contributed by atoms with Crippen molar-refractivity contribution in [2.75, 3.05) is 5.32 Å². The topological polar surface area (TPSA) is 117 Å². The van der Waals surface area contributed by atoms with Gasteiger partial charge < -0.3 is 5.32 Å². The summed E-state index contributed by atoms with van der Waals surface area (Å²) in [6, 6.07) is 5.81. The molecule has 10 heteroatoms. The highest BCUT2D eigenvalue weighted by Gasteiger charge is 2.18. The molecule has 4 heterocycles. The number of H-pyrrole nitrogens is 2. The van der Waals surface area contributed by atoms with Crippen LogP contribution in [0.15, 0.2) is 53.9 Å². The van der Waals surface area contributed by atoms with Gasteiger partial charge in [0.1, 0.15) is 0 Å². The number of fused-ring (bicyclic) bond motifs is 1. The predicted molar refractivity (Wildman–Crippen MR) is 114 cm³/mol. The van der Waals surface area contributed by atoms with E-state index in [-0.39, 0.29) is 11.9 Å². The van der Waals surface area contributed by atoms with E-state index in [9.17, 15) is 4.79 Å². The summed E-state index contributed by atoms with van der Waals surface area (Å²) < 4.78 is 1.82. The summed E-state index contributed by atoms with van der Waals surface area (Å²) in [6.07, 6.45) is 7.87. The fraction of sp³-hybridized carbons (Fsp3) is 0.150. The Morgan fingerprint density at radius 1 is 1.30 bits per heavy atom. The van der Waals surface area contributed by atoms with Gasteiger partial charge in [-0.25, -0.2) is 4.98 Å². The molecule has 30 heavy (non-hydrogen) atoms. The SMILES string of the molecule is CC[C@H](c1cscn1)n1cc(NC(=O)c2n[nH]c3cc(-c4cn[nH]c4)ccc23)cn1. The molecule has 5 rings (SSSR count). The first kappa shape index (κ1) is 18.3. The Balaban J connectivity index is 1.37. The first-order chi connectivity index (χ1) is 14.7. The zero-order valence-electron chi connectivity index (χ0n) is 16.0. The highest BCUT2D eigenvalue weighted by atomic mass is 32.1. The van der Waals surface area contributed by atoms with E-state index in [4.69, 9.17) is 0 Å². The van der Waals surface area contributed by atoms with Crippen LogP contribution in [0.4, 0.5) is 5.69 Å². The lowest BCUT2D eigenvalue weighted by atomic mass is 10.1. The third-order valence-corrected chi connectivity index (χ3v) is 5.57. The first-order valence-electron chi connectivity index (χ1n) is 9.44. The van der Waals surface area contributed by atoms with E-state index >= 15 is 0 Å². The van der Waals surface area contributed by atoms with E-state index in [1.165, 1.54) is 0 Å². The molecule has 5 aromatic rings. The summed E-state index contributed by atoms with van der Waals surface area (Å²) in [7, 11) is 0. The summed E-state index contributed by atoms with van der Waals surface area (Å²) in [5, 5.41) is 24.0. The van der Waals surface area contributed by atoms with Crippen molar-refractivity contribution in [3.8, 4) is 11.1 Å². The van der Waals surface area contributed by atoms with Crippen LogP contribution in [0.1, 0.15) is 35.6 Å². The summed E-state index contributed by atoms with van der Waals surface area (Å²) in [4.78, 5) is 17.2. The minimum atomic E-state index is -0.293. The molecule has 0 aliphatic rings. The highest BCUT2D eigenvalue weighted by Crippen LogP contribution is 2.26. The molecule has 0 saturated heterocycles. The van der Waals surface area contributed by atoms with Gasteiger partial charge in [0, 0.05) is 28.7 Å². The molecule has 1 amide bonds. The number of rotatable bonds is 6. The summed E-state index contributed by atoms with van der Waals surface area (Å²) in [6.45, 7) is 2.08.